The fourth-order valence-electron chi connectivity index (χ4n) is 3.02. The maximum absolute atomic E-state index is 9.90. The number of hydrogen-bond acceptors (Lipinski definition) is 4. The Morgan fingerprint density at radius 1 is 1.12 bits per heavy atom. The summed E-state index contributed by atoms with van der Waals surface area (Å²) in [6.45, 7) is 2.38. The van der Waals surface area contributed by atoms with Gasteiger partial charge in [-0.1, -0.05) is 24.3 Å². The Morgan fingerprint density at radius 2 is 2.04 bits per heavy atom. The lowest BCUT2D eigenvalue weighted by Crippen LogP contribution is -2.03. The fourth-order valence-corrected chi connectivity index (χ4v) is 3.02. The second-order valence-electron chi connectivity index (χ2n) is 6.27. The summed E-state index contributed by atoms with van der Waals surface area (Å²) in [5.74, 6) is 0.781. The molecule has 26 heavy (non-hydrogen) atoms. The highest BCUT2D eigenvalue weighted by Gasteiger charge is 2.11. The van der Waals surface area contributed by atoms with Gasteiger partial charge in [0.15, 0.2) is 0 Å². The number of benzene rings is 1. The lowest BCUT2D eigenvalue weighted by atomic mass is 9.99. The van der Waals surface area contributed by atoms with E-state index < -0.39 is 6.10 Å². The van der Waals surface area contributed by atoms with E-state index in [-0.39, 0.29) is 0 Å². The molecule has 0 saturated heterocycles. The van der Waals surface area contributed by atoms with Gasteiger partial charge in [-0.05, 0) is 53.9 Å². The van der Waals surface area contributed by atoms with Crippen LogP contribution >= 0.6 is 0 Å². The van der Waals surface area contributed by atoms with Crippen LogP contribution in [-0.4, -0.2) is 20.1 Å². The van der Waals surface area contributed by atoms with Crippen LogP contribution in [0.4, 0.5) is 5.82 Å². The van der Waals surface area contributed by atoms with Gasteiger partial charge in [0, 0.05) is 17.8 Å². The Balaban J connectivity index is 1.72. The van der Waals surface area contributed by atoms with Crippen LogP contribution in [0.1, 0.15) is 24.3 Å². The minimum Gasteiger partial charge on any atom is -0.389 e. The maximum atomic E-state index is 9.90. The summed E-state index contributed by atoms with van der Waals surface area (Å²) in [6.07, 6.45) is 3.17. The minimum atomic E-state index is -0.500. The van der Waals surface area contributed by atoms with Gasteiger partial charge in [-0.15, -0.1) is 0 Å². The average Bonchev–Trinajstić information content (AvgIpc) is 3.15. The molecule has 0 aliphatic carbocycles. The van der Waals surface area contributed by atoms with E-state index in [0.29, 0.717) is 6.54 Å². The molecule has 3 N–H and O–H groups in total. The highest BCUT2D eigenvalue weighted by Crippen LogP contribution is 2.31. The smallest absolute Gasteiger partial charge is 0.140 e. The van der Waals surface area contributed by atoms with E-state index in [1.165, 1.54) is 0 Å². The number of nitrogens with zero attached hydrogens (tertiary/aromatic N) is 2. The number of rotatable bonds is 5. The minimum absolute atomic E-state index is 0.500. The quantitative estimate of drug-likeness (QED) is 0.505. The van der Waals surface area contributed by atoms with Crippen molar-refractivity contribution in [3.05, 3.63) is 78.2 Å². The Hall–Kier alpha value is -3.18. The number of aromatic nitrogens is 3. The van der Waals surface area contributed by atoms with Gasteiger partial charge in [-0.25, -0.2) is 4.98 Å². The van der Waals surface area contributed by atoms with Crippen molar-refractivity contribution in [2.75, 3.05) is 5.32 Å². The van der Waals surface area contributed by atoms with Crippen molar-refractivity contribution in [3.8, 4) is 11.1 Å². The van der Waals surface area contributed by atoms with Crippen molar-refractivity contribution in [3.63, 3.8) is 0 Å². The molecule has 5 heteroatoms. The molecule has 0 fully saturated rings. The summed E-state index contributed by atoms with van der Waals surface area (Å²) in [5, 5.41) is 14.3. The zero-order valence-corrected chi connectivity index (χ0v) is 14.5. The molecular formula is C21H20N4O. The molecule has 0 amide bonds. The first kappa shape index (κ1) is 16.3. The molecule has 1 atom stereocenters. The molecule has 130 valence electrons. The Bertz CT molecular complexity index is 1020. The van der Waals surface area contributed by atoms with Crippen molar-refractivity contribution in [1.29, 1.82) is 0 Å². The second kappa shape index (κ2) is 6.98. The lowest BCUT2D eigenvalue weighted by Gasteiger charge is -2.11. The molecule has 0 spiro atoms. The van der Waals surface area contributed by atoms with Crippen molar-refractivity contribution in [2.24, 2.45) is 0 Å². The van der Waals surface area contributed by atoms with Gasteiger partial charge in [-0.2, -0.15) is 0 Å². The van der Waals surface area contributed by atoms with E-state index in [1.54, 1.807) is 13.1 Å². The number of aliphatic hydroxyl groups excluding tert-OH is 1. The molecule has 4 aromatic rings. The molecule has 0 aliphatic rings. The van der Waals surface area contributed by atoms with E-state index in [0.717, 1.165) is 39.2 Å². The molecule has 0 bridgehead atoms. The number of aliphatic hydroxyl groups is 1. The van der Waals surface area contributed by atoms with Crippen molar-refractivity contribution < 1.29 is 5.11 Å². The van der Waals surface area contributed by atoms with Crippen LogP contribution < -0.4 is 5.32 Å². The van der Waals surface area contributed by atoms with E-state index >= 15 is 0 Å². The largest absolute Gasteiger partial charge is 0.389 e. The molecule has 3 aromatic heterocycles. The summed E-state index contributed by atoms with van der Waals surface area (Å²) in [6, 6.07) is 17.9. The second-order valence-corrected chi connectivity index (χ2v) is 6.27. The van der Waals surface area contributed by atoms with Crippen LogP contribution in [0.5, 0.6) is 0 Å². The van der Waals surface area contributed by atoms with Crippen LogP contribution in [0.25, 0.3) is 22.2 Å². The molecule has 4 rings (SSSR count). The Kier molecular flexibility index (Phi) is 4.37. The first-order valence-electron chi connectivity index (χ1n) is 8.61. The standard InChI is InChI=1S/C21H20N4O/c1-14(26)15-5-4-6-16(11-15)19-12-20(25-21-18(19)8-10-23-21)24-13-17-7-2-3-9-22-17/h2-12,14,26H,13H2,1H3,(H2,23,24,25)/t14-/m1/s1. The predicted octanol–water partition coefficient (Wildman–Crippen LogP) is 4.29. The normalized spacial score (nSPS) is 12.2. The third kappa shape index (κ3) is 3.30. The van der Waals surface area contributed by atoms with Gasteiger partial charge in [0.05, 0.1) is 18.3 Å². The average molecular weight is 344 g/mol. The van der Waals surface area contributed by atoms with Gasteiger partial charge in [0.2, 0.25) is 0 Å². The van der Waals surface area contributed by atoms with Gasteiger partial charge < -0.3 is 15.4 Å². The van der Waals surface area contributed by atoms with Crippen LogP contribution in [-0.2, 0) is 6.54 Å². The molecule has 0 saturated carbocycles. The Morgan fingerprint density at radius 3 is 2.85 bits per heavy atom. The molecule has 0 radical (unpaired) electrons. The lowest BCUT2D eigenvalue weighted by molar-refractivity contribution is 0.199. The van der Waals surface area contributed by atoms with Crippen molar-refractivity contribution >= 4 is 16.9 Å². The van der Waals surface area contributed by atoms with Crippen LogP contribution in [0.2, 0.25) is 0 Å². The Labute approximate surface area is 151 Å². The number of aromatic amines is 1. The van der Waals surface area contributed by atoms with Gasteiger partial charge in [-0.3, -0.25) is 4.98 Å². The van der Waals surface area contributed by atoms with E-state index in [9.17, 15) is 5.11 Å². The molecular weight excluding hydrogens is 324 g/mol. The SMILES string of the molecule is C[C@@H](O)c1cccc(-c2cc(NCc3ccccn3)nc3[nH]ccc23)c1. The summed E-state index contributed by atoms with van der Waals surface area (Å²) < 4.78 is 0. The number of hydrogen-bond donors (Lipinski definition) is 3. The predicted molar refractivity (Wildman–Crippen MR) is 104 cm³/mol. The number of anilines is 1. The number of fused-ring (bicyclic) bond motifs is 1. The molecule has 1 aromatic carbocycles. The third-order valence-electron chi connectivity index (χ3n) is 4.39. The van der Waals surface area contributed by atoms with E-state index in [2.05, 4.69) is 26.3 Å². The molecule has 0 aliphatic heterocycles. The van der Waals surface area contributed by atoms with E-state index in [4.69, 9.17) is 0 Å². The zero-order chi connectivity index (χ0) is 17.9. The summed E-state index contributed by atoms with van der Waals surface area (Å²) in [7, 11) is 0. The van der Waals surface area contributed by atoms with Gasteiger partial charge in [0.1, 0.15) is 11.5 Å². The van der Waals surface area contributed by atoms with Crippen molar-refractivity contribution in [2.45, 2.75) is 19.6 Å². The highest BCUT2D eigenvalue weighted by molar-refractivity contribution is 5.94. The maximum Gasteiger partial charge on any atom is 0.140 e. The van der Waals surface area contributed by atoms with Crippen LogP contribution in [0.15, 0.2) is 67.0 Å². The molecule has 0 unspecified atom stereocenters. The zero-order valence-electron chi connectivity index (χ0n) is 14.5. The first-order valence-corrected chi connectivity index (χ1v) is 8.61. The monoisotopic (exact) mass is 344 g/mol. The van der Waals surface area contributed by atoms with Crippen molar-refractivity contribution in [1.82, 2.24) is 15.0 Å². The van der Waals surface area contributed by atoms with Gasteiger partial charge in [0.25, 0.3) is 0 Å². The highest BCUT2D eigenvalue weighted by atomic mass is 16.3. The fraction of sp³-hybridized carbons (Fsp3) is 0.143. The first-order chi connectivity index (χ1) is 12.7. The summed E-state index contributed by atoms with van der Waals surface area (Å²) in [4.78, 5) is 12.2. The molecule has 3 heterocycles. The summed E-state index contributed by atoms with van der Waals surface area (Å²) in [5.41, 5.74) is 4.80. The van der Waals surface area contributed by atoms with Crippen LogP contribution in [0, 0.1) is 0 Å². The van der Waals surface area contributed by atoms with Crippen LogP contribution in [0.3, 0.4) is 0 Å². The van der Waals surface area contributed by atoms with Gasteiger partial charge >= 0.3 is 0 Å². The van der Waals surface area contributed by atoms with E-state index in [1.807, 2.05) is 54.7 Å². The summed E-state index contributed by atoms with van der Waals surface area (Å²) >= 11 is 0. The number of H-pyrrole nitrogens is 1. The molecule has 5 nitrogen and oxygen atoms in total. The number of pyridine rings is 2. The third-order valence-corrected chi connectivity index (χ3v) is 4.39. The topological polar surface area (TPSA) is 73.8 Å². The number of nitrogens with one attached hydrogen (secondary N) is 2.